The van der Waals surface area contributed by atoms with E-state index in [1.54, 1.807) is 23.6 Å². The number of allylic oxidation sites excluding steroid dienone is 1. The van der Waals surface area contributed by atoms with Crippen LogP contribution in [0.5, 0.6) is 0 Å². The van der Waals surface area contributed by atoms with Gasteiger partial charge in [-0.2, -0.15) is 0 Å². The molecule has 1 aromatic heterocycles. The van der Waals surface area contributed by atoms with Gasteiger partial charge < -0.3 is 9.84 Å². The molecule has 0 spiro atoms. The summed E-state index contributed by atoms with van der Waals surface area (Å²) in [5.41, 5.74) is 1.60. The lowest BCUT2D eigenvalue weighted by Crippen LogP contribution is -2.07. The van der Waals surface area contributed by atoms with E-state index in [1.807, 2.05) is 0 Å². The third kappa shape index (κ3) is 3.79. The van der Waals surface area contributed by atoms with E-state index in [1.165, 1.54) is 23.5 Å². The molecule has 0 aliphatic rings. The first-order valence-electron chi connectivity index (χ1n) is 6.35. The van der Waals surface area contributed by atoms with E-state index >= 15 is 0 Å². The van der Waals surface area contributed by atoms with Crippen molar-refractivity contribution in [3.63, 3.8) is 0 Å². The summed E-state index contributed by atoms with van der Waals surface area (Å²) in [6, 6.07) is 7.77. The van der Waals surface area contributed by atoms with Crippen LogP contribution in [0, 0.1) is 5.82 Å². The van der Waals surface area contributed by atoms with Crippen LogP contribution >= 0.6 is 11.3 Å². The second kappa shape index (κ2) is 7.00. The van der Waals surface area contributed by atoms with E-state index < -0.39 is 17.5 Å². The van der Waals surface area contributed by atoms with Crippen molar-refractivity contribution in [2.75, 3.05) is 7.11 Å². The van der Waals surface area contributed by atoms with Gasteiger partial charge in [0.05, 0.1) is 12.0 Å². The van der Waals surface area contributed by atoms with Crippen LogP contribution in [-0.4, -0.2) is 24.0 Å². The standard InChI is InChI=1S/C16H13FO4S/c1-21-16(20)14(19)9-13(18)15-11(6-7-22-15)8-10-2-4-12(17)5-3-10/h2-7,9,19H,8H2,1H3/b14-9-. The molecule has 6 heteroatoms. The van der Waals surface area contributed by atoms with Gasteiger partial charge in [-0.1, -0.05) is 12.1 Å². The molecule has 22 heavy (non-hydrogen) atoms. The average molecular weight is 320 g/mol. The molecule has 1 aromatic carbocycles. The Morgan fingerprint density at radius 3 is 2.59 bits per heavy atom. The third-order valence-corrected chi connectivity index (χ3v) is 3.91. The molecule has 0 saturated heterocycles. The van der Waals surface area contributed by atoms with Crippen LogP contribution in [0.25, 0.3) is 0 Å². The smallest absolute Gasteiger partial charge is 0.373 e. The highest BCUT2D eigenvalue weighted by atomic mass is 32.1. The summed E-state index contributed by atoms with van der Waals surface area (Å²) in [4.78, 5) is 23.6. The van der Waals surface area contributed by atoms with E-state index in [2.05, 4.69) is 4.74 Å². The molecule has 0 unspecified atom stereocenters. The lowest BCUT2D eigenvalue weighted by atomic mass is 10.0. The van der Waals surface area contributed by atoms with Gasteiger partial charge >= 0.3 is 5.97 Å². The molecule has 0 amide bonds. The number of carbonyl (C=O) groups is 2. The quantitative estimate of drug-likeness (QED) is 0.397. The molecule has 0 fully saturated rings. The molecule has 0 radical (unpaired) electrons. The number of benzene rings is 1. The number of hydrogen-bond acceptors (Lipinski definition) is 5. The second-order valence-electron chi connectivity index (χ2n) is 4.46. The van der Waals surface area contributed by atoms with Crippen molar-refractivity contribution in [2.24, 2.45) is 0 Å². The normalized spacial score (nSPS) is 11.3. The minimum atomic E-state index is -0.968. The molecule has 1 N–H and O–H groups in total. The molecule has 4 nitrogen and oxygen atoms in total. The van der Waals surface area contributed by atoms with Crippen molar-refractivity contribution in [1.29, 1.82) is 0 Å². The number of ether oxygens (including phenoxy) is 1. The maximum atomic E-state index is 12.9. The summed E-state index contributed by atoms with van der Waals surface area (Å²) < 4.78 is 17.2. The predicted molar refractivity (Wildman–Crippen MR) is 80.6 cm³/mol. The Hall–Kier alpha value is -2.47. The zero-order chi connectivity index (χ0) is 16.1. The van der Waals surface area contributed by atoms with Crippen LogP contribution in [0.15, 0.2) is 47.5 Å². The van der Waals surface area contributed by atoms with Gasteiger partial charge in [0.2, 0.25) is 5.76 Å². The van der Waals surface area contributed by atoms with Gasteiger partial charge in [0, 0.05) is 6.08 Å². The molecule has 114 valence electrons. The first-order chi connectivity index (χ1) is 10.5. The number of thiophene rings is 1. The topological polar surface area (TPSA) is 63.6 Å². The number of carbonyl (C=O) groups excluding carboxylic acids is 2. The van der Waals surface area contributed by atoms with Crippen LogP contribution in [0.4, 0.5) is 4.39 Å². The van der Waals surface area contributed by atoms with Gasteiger partial charge in [-0.3, -0.25) is 4.79 Å². The Morgan fingerprint density at radius 2 is 1.95 bits per heavy atom. The zero-order valence-corrected chi connectivity index (χ0v) is 12.5. The summed E-state index contributed by atoms with van der Waals surface area (Å²) in [5, 5.41) is 11.2. The van der Waals surface area contributed by atoms with Crippen LogP contribution in [0.2, 0.25) is 0 Å². The lowest BCUT2D eigenvalue weighted by Gasteiger charge is -2.02. The SMILES string of the molecule is COC(=O)/C(O)=C/C(=O)c1sccc1Cc1ccc(F)cc1. The van der Waals surface area contributed by atoms with Crippen LogP contribution in [-0.2, 0) is 16.0 Å². The van der Waals surface area contributed by atoms with Gasteiger partial charge in [-0.25, -0.2) is 9.18 Å². The maximum absolute atomic E-state index is 12.9. The fraction of sp³-hybridized carbons (Fsp3) is 0.125. The lowest BCUT2D eigenvalue weighted by molar-refractivity contribution is -0.139. The minimum Gasteiger partial charge on any atom is -0.502 e. The highest BCUT2D eigenvalue weighted by molar-refractivity contribution is 7.12. The van der Waals surface area contributed by atoms with E-state index in [9.17, 15) is 19.1 Å². The summed E-state index contributed by atoms with van der Waals surface area (Å²) in [6.45, 7) is 0. The first kappa shape index (κ1) is 15.9. The van der Waals surface area contributed by atoms with E-state index in [0.717, 1.165) is 24.3 Å². The van der Waals surface area contributed by atoms with Gasteiger partial charge in [-0.15, -0.1) is 11.3 Å². The van der Waals surface area contributed by atoms with Gasteiger partial charge in [0.15, 0.2) is 5.78 Å². The van der Waals surface area contributed by atoms with E-state index in [4.69, 9.17) is 0 Å². The highest BCUT2D eigenvalue weighted by Crippen LogP contribution is 2.22. The van der Waals surface area contributed by atoms with Crippen molar-refractivity contribution in [3.05, 3.63) is 69.4 Å². The van der Waals surface area contributed by atoms with E-state index in [-0.39, 0.29) is 5.82 Å². The summed E-state index contributed by atoms with van der Waals surface area (Å²) >= 11 is 1.21. The summed E-state index contributed by atoms with van der Waals surface area (Å²) in [6.07, 6.45) is 1.30. The molecular weight excluding hydrogens is 307 g/mol. The van der Waals surface area contributed by atoms with Crippen molar-refractivity contribution < 1.29 is 23.8 Å². The average Bonchev–Trinajstić information content (AvgIpc) is 2.96. The van der Waals surface area contributed by atoms with Crippen molar-refractivity contribution in [2.45, 2.75) is 6.42 Å². The molecule has 2 rings (SSSR count). The number of hydrogen-bond donors (Lipinski definition) is 1. The second-order valence-corrected chi connectivity index (χ2v) is 5.38. The monoisotopic (exact) mass is 320 g/mol. The van der Waals surface area contributed by atoms with E-state index in [0.29, 0.717) is 11.3 Å². The molecule has 2 aromatic rings. The number of aliphatic hydroxyl groups excluding tert-OH is 1. The van der Waals surface area contributed by atoms with Gasteiger partial charge in [0.1, 0.15) is 5.82 Å². The van der Waals surface area contributed by atoms with Crippen molar-refractivity contribution in [3.8, 4) is 0 Å². The fourth-order valence-corrected chi connectivity index (χ4v) is 2.70. The molecule has 0 atom stereocenters. The molecular formula is C16H13FO4S. The van der Waals surface area contributed by atoms with Gasteiger partial charge in [0.25, 0.3) is 0 Å². The van der Waals surface area contributed by atoms with Crippen LogP contribution in [0.1, 0.15) is 20.8 Å². The van der Waals surface area contributed by atoms with Gasteiger partial charge in [-0.05, 0) is 41.1 Å². The number of methoxy groups -OCH3 is 1. The Bertz CT molecular complexity index is 716. The number of aliphatic hydroxyl groups is 1. The Labute approximate surface area is 130 Å². The molecule has 0 aliphatic heterocycles. The minimum absolute atomic E-state index is 0.323. The molecule has 0 bridgehead atoms. The molecule has 0 aliphatic carbocycles. The molecule has 0 saturated carbocycles. The predicted octanol–water partition coefficient (Wildman–Crippen LogP) is 3.28. The summed E-state index contributed by atoms with van der Waals surface area (Å²) in [5.74, 6) is -2.51. The largest absolute Gasteiger partial charge is 0.502 e. The van der Waals surface area contributed by atoms with Crippen molar-refractivity contribution >= 4 is 23.1 Å². The number of ketones is 1. The summed E-state index contributed by atoms with van der Waals surface area (Å²) in [7, 11) is 1.11. The molecule has 1 heterocycles. The number of esters is 1. The van der Waals surface area contributed by atoms with Crippen LogP contribution in [0.3, 0.4) is 0 Å². The van der Waals surface area contributed by atoms with Crippen molar-refractivity contribution in [1.82, 2.24) is 0 Å². The first-order valence-corrected chi connectivity index (χ1v) is 7.23. The number of rotatable bonds is 5. The Morgan fingerprint density at radius 1 is 1.27 bits per heavy atom. The fourth-order valence-electron chi connectivity index (χ4n) is 1.87. The number of halogens is 1. The highest BCUT2D eigenvalue weighted by Gasteiger charge is 2.15. The zero-order valence-electron chi connectivity index (χ0n) is 11.7. The van der Waals surface area contributed by atoms with Crippen LogP contribution < -0.4 is 0 Å². The Balaban J connectivity index is 2.20. The maximum Gasteiger partial charge on any atom is 0.373 e. The third-order valence-electron chi connectivity index (χ3n) is 2.94. The Kier molecular flexibility index (Phi) is 5.06.